The van der Waals surface area contributed by atoms with E-state index in [2.05, 4.69) is 5.32 Å². The van der Waals surface area contributed by atoms with Crippen molar-refractivity contribution in [3.05, 3.63) is 35.9 Å². The lowest BCUT2D eigenvalue weighted by atomic mass is 9.99. The topological polar surface area (TPSA) is 38.3 Å². The lowest BCUT2D eigenvalue weighted by Crippen LogP contribution is -2.38. The minimum Gasteiger partial charge on any atom is -0.461 e. The van der Waals surface area contributed by atoms with Crippen molar-refractivity contribution >= 4 is 5.97 Å². The van der Waals surface area contributed by atoms with Gasteiger partial charge >= 0.3 is 5.97 Å². The lowest BCUT2D eigenvalue weighted by Gasteiger charge is -2.19. The van der Waals surface area contributed by atoms with Gasteiger partial charge in [-0.15, -0.1) is 0 Å². The molecule has 1 aliphatic rings. The molecule has 0 aliphatic carbocycles. The van der Waals surface area contributed by atoms with Crippen LogP contribution in [0.1, 0.15) is 18.4 Å². The van der Waals surface area contributed by atoms with Gasteiger partial charge in [-0.2, -0.15) is 0 Å². The molecule has 1 fully saturated rings. The van der Waals surface area contributed by atoms with Crippen LogP contribution in [0.25, 0.3) is 0 Å². The Labute approximate surface area is 111 Å². The van der Waals surface area contributed by atoms with E-state index in [1.54, 1.807) is 0 Å². The molecule has 0 radical (unpaired) electrons. The lowest BCUT2D eigenvalue weighted by molar-refractivity contribution is -0.153. The van der Waals surface area contributed by atoms with E-state index in [-0.39, 0.29) is 6.61 Å². The third kappa shape index (κ3) is 3.73. The van der Waals surface area contributed by atoms with Crippen LogP contribution in [-0.4, -0.2) is 25.0 Å². The first-order valence-corrected chi connectivity index (χ1v) is 6.40. The van der Waals surface area contributed by atoms with Gasteiger partial charge in [0.15, 0.2) is 12.5 Å². The van der Waals surface area contributed by atoms with Gasteiger partial charge < -0.3 is 4.74 Å². The summed E-state index contributed by atoms with van der Waals surface area (Å²) in [6, 6.07) is 9.13. The fourth-order valence-electron chi connectivity index (χ4n) is 2.12. The quantitative estimate of drug-likeness (QED) is 0.676. The summed E-state index contributed by atoms with van der Waals surface area (Å²) in [5.41, 5.74) is 0.829. The second-order valence-corrected chi connectivity index (χ2v) is 4.64. The Bertz CT molecular complexity index is 413. The molecule has 1 heterocycles. The number of hydrogen-bond donors (Lipinski definition) is 1. The van der Waals surface area contributed by atoms with E-state index in [1.807, 2.05) is 30.3 Å². The molecule has 104 valence electrons. The molecular weight excluding hydrogens is 252 g/mol. The Balaban J connectivity index is 1.91. The zero-order chi connectivity index (χ0) is 13.7. The Morgan fingerprint density at radius 1 is 1.32 bits per heavy atom. The predicted octanol–water partition coefficient (Wildman–Crippen LogP) is 2.36. The second kappa shape index (κ2) is 6.61. The highest BCUT2D eigenvalue weighted by Crippen LogP contribution is 2.23. The number of esters is 1. The average molecular weight is 269 g/mol. The van der Waals surface area contributed by atoms with Crippen LogP contribution < -0.4 is 5.32 Å². The fourth-order valence-corrected chi connectivity index (χ4v) is 2.12. The van der Waals surface area contributed by atoms with E-state index in [4.69, 9.17) is 4.74 Å². The summed E-state index contributed by atoms with van der Waals surface area (Å²) >= 11 is 0. The normalized spacial score (nSPS) is 27.6. The van der Waals surface area contributed by atoms with Crippen molar-refractivity contribution in [3.8, 4) is 0 Å². The van der Waals surface area contributed by atoms with E-state index in [0.717, 1.165) is 5.56 Å². The van der Waals surface area contributed by atoms with Crippen LogP contribution in [0.2, 0.25) is 0 Å². The summed E-state index contributed by atoms with van der Waals surface area (Å²) < 4.78 is 32.1. The third-order valence-corrected chi connectivity index (χ3v) is 3.22. The van der Waals surface area contributed by atoms with Gasteiger partial charge in [-0.05, 0) is 24.9 Å². The maximum absolute atomic E-state index is 13.7. The molecule has 1 N–H and O–H groups in total. The van der Waals surface area contributed by atoms with E-state index in [1.165, 1.54) is 0 Å². The van der Waals surface area contributed by atoms with Gasteiger partial charge in [0.2, 0.25) is 0 Å². The highest BCUT2D eigenvalue weighted by atomic mass is 19.2. The Morgan fingerprint density at radius 2 is 2.05 bits per heavy atom. The maximum Gasteiger partial charge on any atom is 0.312 e. The zero-order valence-electron chi connectivity index (χ0n) is 10.5. The monoisotopic (exact) mass is 269 g/mol. The zero-order valence-corrected chi connectivity index (χ0v) is 10.5. The Kier molecular flexibility index (Phi) is 4.85. The molecule has 2 rings (SSSR count). The molecular formula is C14H17F2NO2. The molecule has 3 nitrogen and oxygen atoms in total. The first kappa shape index (κ1) is 13.9. The molecule has 0 saturated carbocycles. The molecule has 0 amide bonds. The smallest absolute Gasteiger partial charge is 0.312 e. The number of carbonyl (C=O) groups is 1. The van der Waals surface area contributed by atoms with Crippen LogP contribution in [0.15, 0.2) is 30.3 Å². The van der Waals surface area contributed by atoms with E-state index < -0.39 is 24.4 Å². The van der Waals surface area contributed by atoms with Gasteiger partial charge in [0.1, 0.15) is 6.61 Å². The SMILES string of the molecule is O=C(OCc1ccccc1)C1CCCNC(F)C1F. The molecule has 1 aromatic rings. The number of ether oxygens (including phenoxy) is 1. The third-order valence-electron chi connectivity index (χ3n) is 3.22. The molecule has 1 saturated heterocycles. The van der Waals surface area contributed by atoms with Crippen LogP contribution in [0.5, 0.6) is 0 Å². The van der Waals surface area contributed by atoms with Crippen LogP contribution in [-0.2, 0) is 16.1 Å². The molecule has 19 heavy (non-hydrogen) atoms. The predicted molar refractivity (Wildman–Crippen MR) is 66.8 cm³/mol. The molecule has 1 aromatic carbocycles. The molecule has 0 spiro atoms. The van der Waals surface area contributed by atoms with Crippen LogP contribution >= 0.6 is 0 Å². The molecule has 0 bridgehead atoms. The van der Waals surface area contributed by atoms with Crippen molar-refractivity contribution in [2.45, 2.75) is 31.9 Å². The maximum atomic E-state index is 13.7. The summed E-state index contributed by atoms with van der Waals surface area (Å²) in [5.74, 6) is -1.68. The first-order chi connectivity index (χ1) is 9.18. The summed E-state index contributed by atoms with van der Waals surface area (Å²) in [7, 11) is 0. The van der Waals surface area contributed by atoms with Crippen molar-refractivity contribution in [2.75, 3.05) is 6.54 Å². The van der Waals surface area contributed by atoms with Crippen molar-refractivity contribution in [2.24, 2.45) is 5.92 Å². The standard InChI is InChI=1S/C14H17F2NO2/c15-12-11(7-4-8-17-13(12)16)14(18)19-9-10-5-2-1-3-6-10/h1-3,5-6,11-13,17H,4,7-9H2. The van der Waals surface area contributed by atoms with Gasteiger partial charge in [-0.3, -0.25) is 10.1 Å². The number of benzene rings is 1. The summed E-state index contributed by atoms with van der Waals surface area (Å²) in [4.78, 5) is 11.8. The van der Waals surface area contributed by atoms with Gasteiger partial charge in [0.05, 0.1) is 5.92 Å². The summed E-state index contributed by atoms with van der Waals surface area (Å²) in [6.45, 7) is 0.470. The van der Waals surface area contributed by atoms with Crippen LogP contribution in [0.4, 0.5) is 8.78 Å². The number of halogens is 2. The summed E-state index contributed by atoms with van der Waals surface area (Å²) in [5, 5.41) is 2.40. The second-order valence-electron chi connectivity index (χ2n) is 4.64. The van der Waals surface area contributed by atoms with Crippen LogP contribution in [0.3, 0.4) is 0 Å². The average Bonchev–Trinajstić information content (AvgIpc) is 2.60. The number of hydrogen-bond acceptors (Lipinski definition) is 3. The summed E-state index contributed by atoms with van der Waals surface area (Å²) in [6.07, 6.45) is -2.77. The molecule has 3 unspecified atom stereocenters. The minimum atomic E-state index is -1.84. The Morgan fingerprint density at radius 3 is 2.79 bits per heavy atom. The van der Waals surface area contributed by atoms with Gasteiger partial charge in [0.25, 0.3) is 0 Å². The highest BCUT2D eigenvalue weighted by Gasteiger charge is 2.37. The van der Waals surface area contributed by atoms with Crippen molar-refractivity contribution in [1.29, 1.82) is 0 Å². The van der Waals surface area contributed by atoms with Gasteiger partial charge in [-0.1, -0.05) is 30.3 Å². The highest BCUT2D eigenvalue weighted by molar-refractivity contribution is 5.73. The van der Waals surface area contributed by atoms with Crippen LogP contribution in [0, 0.1) is 5.92 Å². The number of carbonyl (C=O) groups excluding carboxylic acids is 1. The number of alkyl halides is 2. The van der Waals surface area contributed by atoms with E-state index >= 15 is 0 Å². The number of rotatable bonds is 3. The molecule has 1 aliphatic heterocycles. The van der Waals surface area contributed by atoms with E-state index in [0.29, 0.717) is 19.4 Å². The van der Waals surface area contributed by atoms with Crippen molar-refractivity contribution < 1.29 is 18.3 Å². The molecule has 5 heteroatoms. The largest absolute Gasteiger partial charge is 0.461 e. The van der Waals surface area contributed by atoms with E-state index in [9.17, 15) is 13.6 Å². The number of nitrogens with one attached hydrogen (secondary N) is 1. The minimum absolute atomic E-state index is 0.0905. The van der Waals surface area contributed by atoms with Crippen molar-refractivity contribution in [1.82, 2.24) is 5.32 Å². The Hall–Kier alpha value is -1.49. The molecule has 0 aromatic heterocycles. The van der Waals surface area contributed by atoms with Gasteiger partial charge in [-0.25, -0.2) is 8.78 Å². The van der Waals surface area contributed by atoms with Gasteiger partial charge in [0, 0.05) is 0 Å². The fraction of sp³-hybridized carbons (Fsp3) is 0.500. The first-order valence-electron chi connectivity index (χ1n) is 6.40. The van der Waals surface area contributed by atoms with Crippen molar-refractivity contribution in [3.63, 3.8) is 0 Å². The molecule has 3 atom stereocenters.